The van der Waals surface area contributed by atoms with E-state index in [4.69, 9.17) is 10.2 Å². The van der Waals surface area contributed by atoms with Crippen molar-refractivity contribution in [1.29, 1.82) is 0 Å². The molecule has 0 aliphatic heterocycles. The molecule has 2 aromatic carbocycles. The molecule has 0 bridgehead atoms. The van der Waals surface area contributed by atoms with E-state index in [-0.39, 0.29) is 5.82 Å². The van der Waals surface area contributed by atoms with Crippen LogP contribution >= 0.6 is 11.8 Å². The highest BCUT2D eigenvalue weighted by molar-refractivity contribution is 7.98. The van der Waals surface area contributed by atoms with Gasteiger partial charge < -0.3 is 10.2 Å². The zero-order valence-electron chi connectivity index (χ0n) is 10.9. The Kier molecular flexibility index (Phi) is 3.36. The van der Waals surface area contributed by atoms with Crippen LogP contribution in [0.25, 0.3) is 11.1 Å². The number of rotatable bonds is 3. The van der Waals surface area contributed by atoms with E-state index in [0.29, 0.717) is 16.7 Å². The quantitative estimate of drug-likeness (QED) is 0.581. The van der Waals surface area contributed by atoms with Crippen molar-refractivity contribution in [2.45, 2.75) is 17.9 Å². The number of hydrogen-bond acceptors (Lipinski definition) is 4. The van der Waals surface area contributed by atoms with Crippen LogP contribution in [0.3, 0.4) is 0 Å². The monoisotopic (exact) mass is 288 g/mol. The summed E-state index contributed by atoms with van der Waals surface area (Å²) in [5, 5.41) is 0.592. The van der Waals surface area contributed by atoms with Crippen molar-refractivity contribution in [3.63, 3.8) is 0 Å². The highest BCUT2D eigenvalue weighted by Crippen LogP contribution is 2.28. The number of nitrogens with two attached hydrogens (primary N) is 1. The van der Waals surface area contributed by atoms with Gasteiger partial charge in [0.25, 0.3) is 5.22 Å². The van der Waals surface area contributed by atoms with Crippen LogP contribution < -0.4 is 5.73 Å². The van der Waals surface area contributed by atoms with Gasteiger partial charge in [0, 0.05) is 11.4 Å². The largest absolute Gasteiger partial charge is 0.431 e. The maximum absolute atomic E-state index is 13.0. The fraction of sp³-hybridized carbons (Fsp3) is 0.133. The van der Waals surface area contributed by atoms with E-state index in [2.05, 4.69) is 4.98 Å². The molecule has 1 heterocycles. The van der Waals surface area contributed by atoms with Gasteiger partial charge in [-0.05, 0) is 48.4 Å². The number of anilines is 1. The van der Waals surface area contributed by atoms with Gasteiger partial charge >= 0.3 is 0 Å². The number of nitrogen functional groups attached to an aromatic ring is 1. The second-order valence-corrected chi connectivity index (χ2v) is 5.49. The smallest absolute Gasteiger partial charge is 0.257 e. The number of oxazole rings is 1. The molecule has 0 spiro atoms. The molecule has 0 unspecified atom stereocenters. The molecule has 0 aliphatic rings. The normalized spacial score (nSPS) is 11.1. The first-order chi connectivity index (χ1) is 9.61. The number of aryl methyl sites for hydroxylation is 1. The molecule has 0 atom stereocenters. The minimum atomic E-state index is -0.214. The van der Waals surface area contributed by atoms with Crippen LogP contribution in [-0.2, 0) is 5.75 Å². The summed E-state index contributed by atoms with van der Waals surface area (Å²) < 4.78 is 18.7. The lowest BCUT2D eigenvalue weighted by atomic mass is 10.1. The first-order valence-corrected chi connectivity index (χ1v) is 7.14. The predicted octanol–water partition coefficient (Wildman–Crippen LogP) is 4.15. The zero-order chi connectivity index (χ0) is 14.1. The van der Waals surface area contributed by atoms with E-state index >= 15 is 0 Å². The molecule has 3 nitrogen and oxygen atoms in total. The summed E-state index contributed by atoms with van der Waals surface area (Å²) in [5.74, 6) is 0.475. The molecule has 0 saturated carbocycles. The van der Waals surface area contributed by atoms with E-state index in [1.807, 2.05) is 13.0 Å². The summed E-state index contributed by atoms with van der Waals surface area (Å²) in [7, 11) is 0. The van der Waals surface area contributed by atoms with Crippen molar-refractivity contribution < 1.29 is 8.81 Å². The SMILES string of the molecule is Cc1cc(F)ccc1CSc1nc2cc(N)ccc2o1. The molecule has 0 radical (unpaired) electrons. The average molecular weight is 288 g/mol. The minimum Gasteiger partial charge on any atom is -0.431 e. The second-order valence-electron chi connectivity index (χ2n) is 4.57. The van der Waals surface area contributed by atoms with E-state index in [9.17, 15) is 4.39 Å². The molecular formula is C15H13FN2OS. The molecule has 3 aromatic rings. The second kappa shape index (κ2) is 5.17. The van der Waals surface area contributed by atoms with Crippen molar-refractivity contribution in [3.05, 3.63) is 53.3 Å². The van der Waals surface area contributed by atoms with Crippen LogP contribution in [0.4, 0.5) is 10.1 Å². The lowest BCUT2D eigenvalue weighted by molar-refractivity contribution is 0.489. The van der Waals surface area contributed by atoms with E-state index in [0.717, 1.165) is 22.2 Å². The van der Waals surface area contributed by atoms with Gasteiger partial charge in [0.2, 0.25) is 0 Å². The van der Waals surface area contributed by atoms with Gasteiger partial charge in [-0.3, -0.25) is 0 Å². The third-order valence-electron chi connectivity index (χ3n) is 3.05. The third kappa shape index (κ3) is 2.63. The van der Waals surface area contributed by atoms with Gasteiger partial charge in [0.15, 0.2) is 5.58 Å². The molecule has 3 rings (SSSR count). The molecule has 0 aliphatic carbocycles. The average Bonchev–Trinajstić information content (AvgIpc) is 2.79. The van der Waals surface area contributed by atoms with Crippen molar-refractivity contribution in [2.24, 2.45) is 0 Å². The number of fused-ring (bicyclic) bond motifs is 1. The molecule has 0 saturated heterocycles. The Morgan fingerprint density at radius 2 is 2.10 bits per heavy atom. The third-order valence-corrected chi connectivity index (χ3v) is 3.92. The Labute approximate surface area is 120 Å². The van der Waals surface area contributed by atoms with Crippen molar-refractivity contribution >= 4 is 28.5 Å². The van der Waals surface area contributed by atoms with E-state index < -0.39 is 0 Å². The summed E-state index contributed by atoms with van der Waals surface area (Å²) in [6, 6.07) is 10.2. The summed E-state index contributed by atoms with van der Waals surface area (Å²) in [4.78, 5) is 4.38. The molecule has 0 amide bonds. The summed E-state index contributed by atoms with van der Waals surface area (Å²) in [6.45, 7) is 1.89. The van der Waals surface area contributed by atoms with Crippen LogP contribution in [0.2, 0.25) is 0 Å². The van der Waals surface area contributed by atoms with Gasteiger partial charge in [0.1, 0.15) is 11.3 Å². The molecule has 2 N–H and O–H groups in total. The fourth-order valence-electron chi connectivity index (χ4n) is 1.95. The summed E-state index contributed by atoms with van der Waals surface area (Å²) in [6.07, 6.45) is 0. The van der Waals surface area contributed by atoms with Gasteiger partial charge in [-0.1, -0.05) is 17.8 Å². The number of halogens is 1. The van der Waals surface area contributed by atoms with E-state index in [1.54, 1.807) is 18.2 Å². The molecule has 0 fully saturated rings. The fourth-order valence-corrected chi connectivity index (χ4v) is 2.86. The lowest BCUT2D eigenvalue weighted by Crippen LogP contribution is -1.87. The maximum atomic E-state index is 13.0. The van der Waals surface area contributed by atoms with Crippen LogP contribution in [-0.4, -0.2) is 4.98 Å². The summed E-state index contributed by atoms with van der Waals surface area (Å²) >= 11 is 1.48. The maximum Gasteiger partial charge on any atom is 0.257 e. The Balaban J connectivity index is 1.79. The van der Waals surface area contributed by atoms with E-state index in [1.165, 1.54) is 23.9 Å². The predicted molar refractivity (Wildman–Crippen MR) is 79.1 cm³/mol. The summed E-state index contributed by atoms with van der Waals surface area (Å²) in [5.41, 5.74) is 9.84. The molecule has 102 valence electrons. The lowest BCUT2D eigenvalue weighted by Gasteiger charge is -2.03. The van der Waals surface area contributed by atoms with Crippen LogP contribution in [0.1, 0.15) is 11.1 Å². The highest BCUT2D eigenvalue weighted by Gasteiger charge is 2.08. The minimum absolute atomic E-state index is 0.214. The number of thioether (sulfide) groups is 1. The van der Waals surface area contributed by atoms with Gasteiger partial charge in [-0.2, -0.15) is 0 Å². The number of hydrogen-bond donors (Lipinski definition) is 1. The van der Waals surface area contributed by atoms with Crippen LogP contribution in [0.15, 0.2) is 46.0 Å². The van der Waals surface area contributed by atoms with Crippen molar-refractivity contribution in [2.75, 3.05) is 5.73 Å². The molecule has 1 aromatic heterocycles. The first kappa shape index (κ1) is 13.0. The molecular weight excluding hydrogens is 275 g/mol. The van der Waals surface area contributed by atoms with Crippen LogP contribution in [0.5, 0.6) is 0 Å². The highest BCUT2D eigenvalue weighted by atomic mass is 32.2. The van der Waals surface area contributed by atoms with Crippen molar-refractivity contribution in [1.82, 2.24) is 4.98 Å². The number of nitrogens with zero attached hydrogens (tertiary/aromatic N) is 1. The Hall–Kier alpha value is -2.01. The molecule has 5 heteroatoms. The van der Waals surface area contributed by atoms with Crippen LogP contribution in [0, 0.1) is 12.7 Å². The van der Waals surface area contributed by atoms with Gasteiger partial charge in [-0.15, -0.1) is 0 Å². The number of aromatic nitrogens is 1. The topological polar surface area (TPSA) is 52.0 Å². The Morgan fingerprint density at radius 1 is 1.25 bits per heavy atom. The standard InChI is InChI=1S/C15H13FN2OS/c1-9-6-11(16)3-2-10(9)8-20-15-18-13-7-12(17)4-5-14(13)19-15/h2-7H,8,17H2,1H3. The first-order valence-electron chi connectivity index (χ1n) is 6.16. The van der Waals surface area contributed by atoms with Gasteiger partial charge in [-0.25, -0.2) is 9.37 Å². The Morgan fingerprint density at radius 3 is 2.90 bits per heavy atom. The Bertz CT molecular complexity index is 770. The van der Waals surface area contributed by atoms with Crippen molar-refractivity contribution in [3.8, 4) is 0 Å². The van der Waals surface area contributed by atoms with Gasteiger partial charge in [0.05, 0.1) is 0 Å². The zero-order valence-corrected chi connectivity index (χ0v) is 11.7. The number of benzene rings is 2. The molecule has 20 heavy (non-hydrogen) atoms.